The quantitative estimate of drug-likeness (QED) is 0.214. The van der Waals surface area contributed by atoms with Crippen LogP contribution in [0.25, 0.3) is 10.9 Å². The number of rotatable bonds is 15. The second-order valence-electron chi connectivity index (χ2n) is 8.27. The largest absolute Gasteiger partial charge is 0.496 e. The summed E-state index contributed by atoms with van der Waals surface area (Å²) in [6.07, 6.45) is 0.716. The topological polar surface area (TPSA) is 159 Å². The van der Waals surface area contributed by atoms with Crippen LogP contribution in [-0.2, 0) is 21.3 Å². The van der Waals surface area contributed by atoms with E-state index in [1.54, 1.807) is 29.9 Å². The minimum absolute atomic E-state index is 0.0477. The van der Waals surface area contributed by atoms with Gasteiger partial charge >= 0.3 is 0 Å². The minimum Gasteiger partial charge on any atom is -0.496 e. The zero-order valence-corrected chi connectivity index (χ0v) is 21.6. The van der Waals surface area contributed by atoms with Crippen molar-refractivity contribution in [1.82, 2.24) is 20.4 Å². The molecule has 12 heteroatoms. The van der Waals surface area contributed by atoms with E-state index in [0.717, 1.165) is 10.9 Å². The van der Waals surface area contributed by atoms with Crippen LogP contribution < -0.4 is 26.4 Å². The molecule has 0 unspecified atom stereocenters. The van der Waals surface area contributed by atoms with E-state index >= 15 is 0 Å². The number of carbonyl (C=O) groups is 3. The van der Waals surface area contributed by atoms with E-state index in [1.165, 1.54) is 7.11 Å². The lowest BCUT2D eigenvalue weighted by molar-refractivity contribution is -0.126. The highest BCUT2D eigenvalue weighted by Crippen LogP contribution is 2.24. The SMILES string of the molecule is COc1ccc(NC(=O)c2nn(C)c3ccccc23)cc1C(=O)NCCOCCOCC(=O)NCCCN. The smallest absolute Gasteiger partial charge is 0.276 e. The van der Waals surface area contributed by atoms with Gasteiger partial charge in [-0.15, -0.1) is 0 Å². The van der Waals surface area contributed by atoms with Crippen molar-refractivity contribution in [3.05, 3.63) is 53.7 Å². The molecule has 38 heavy (non-hydrogen) atoms. The maximum Gasteiger partial charge on any atom is 0.276 e. The van der Waals surface area contributed by atoms with Gasteiger partial charge in [0.25, 0.3) is 11.8 Å². The molecule has 12 nitrogen and oxygen atoms in total. The van der Waals surface area contributed by atoms with Gasteiger partial charge < -0.3 is 35.9 Å². The number of fused-ring (bicyclic) bond motifs is 1. The fourth-order valence-electron chi connectivity index (χ4n) is 3.63. The molecule has 3 aromatic rings. The fourth-order valence-corrected chi connectivity index (χ4v) is 3.63. The molecule has 0 aliphatic carbocycles. The predicted molar refractivity (Wildman–Crippen MR) is 142 cm³/mol. The number of aryl methyl sites for hydroxylation is 1. The molecule has 0 bridgehead atoms. The Balaban J connectivity index is 1.46. The molecule has 0 radical (unpaired) electrons. The van der Waals surface area contributed by atoms with Gasteiger partial charge in [0, 0.05) is 31.2 Å². The summed E-state index contributed by atoms with van der Waals surface area (Å²) in [5, 5.41) is 13.3. The van der Waals surface area contributed by atoms with Crippen LogP contribution >= 0.6 is 0 Å². The summed E-state index contributed by atoms with van der Waals surface area (Å²) in [6, 6.07) is 12.3. The number of hydrogen-bond donors (Lipinski definition) is 4. The van der Waals surface area contributed by atoms with Crippen LogP contribution in [-0.4, -0.2) is 80.7 Å². The third-order valence-corrected chi connectivity index (χ3v) is 5.52. The number of ether oxygens (including phenoxy) is 3. The summed E-state index contributed by atoms with van der Waals surface area (Å²) in [6.45, 7) is 2.02. The number of methoxy groups -OCH3 is 1. The molecule has 0 aliphatic heterocycles. The fraction of sp³-hybridized carbons (Fsp3) is 0.385. The maximum atomic E-state index is 12.9. The summed E-state index contributed by atoms with van der Waals surface area (Å²) in [5.41, 5.74) is 7.19. The third-order valence-electron chi connectivity index (χ3n) is 5.52. The standard InChI is InChI=1S/C26H34N6O6/c1-32-21-7-4-3-6-19(21)24(31-32)26(35)30-18-8-9-22(36-2)20(16-18)25(34)29-12-13-37-14-15-38-17-23(33)28-11-5-10-27/h3-4,6-9,16H,5,10-15,17,27H2,1-2H3,(H,28,33)(H,29,34)(H,30,35). The molecule has 0 spiro atoms. The number of aromatic nitrogens is 2. The van der Waals surface area contributed by atoms with Crippen molar-refractivity contribution in [3.8, 4) is 5.75 Å². The summed E-state index contributed by atoms with van der Waals surface area (Å²) < 4.78 is 17.6. The van der Waals surface area contributed by atoms with Crippen molar-refractivity contribution in [2.75, 3.05) is 58.5 Å². The van der Waals surface area contributed by atoms with Gasteiger partial charge in [0.2, 0.25) is 5.91 Å². The number of carbonyl (C=O) groups excluding carboxylic acids is 3. The highest BCUT2D eigenvalue weighted by atomic mass is 16.5. The molecule has 0 saturated heterocycles. The lowest BCUT2D eigenvalue weighted by Crippen LogP contribution is -2.30. The third kappa shape index (κ3) is 8.00. The number of nitrogens with two attached hydrogens (primary N) is 1. The van der Waals surface area contributed by atoms with Gasteiger partial charge in [0.15, 0.2) is 5.69 Å². The van der Waals surface area contributed by atoms with E-state index < -0.39 is 0 Å². The van der Waals surface area contributed by atoms with Crippen LogP contribution in [0.4, 0.5) is 5.69 Å². The molecule has 0 atom stereocenters. The second kappa shape index (κ2) is 14.7. The molecule has 1 heterocycles. The van der Waals surface area contributed by atoms with Crippen molar-refractivity contribution >= 4 is 34.3 Å². The Bertz CT molecular complexity index is 1240. The Morgan fingerprint density at radius 2 is 1.76 bits per heavy atom. The number of para-hydroxylation sites is 1. The summed E-state index contributed by atoms with van der Waals surface area (Å²) >= 11 is 0. The first-order chi connectivity index (χ1) is 18.4. The molecule has 3 amide bonds. The first-order valence-electron chi connectivity index (χ1n) is 12.3. The first kappa shape index (κ1) is 28.6. The normalized spacial score (nSPS) is 10.8. The monoisotopic (exact) mass is 526 g/mol. The zero-order valence-electron chi connectivity index (χ0n) is 21.6. The number of nitrogens with zero attached hydrogens (tertiary/aromatic N) is 2. The highest BCUT2D eigenvalue weighted by molar-refractivity contribution is 6.11. The van der Waals surface area contributed by atoms with E-state index in [2.05, 4.69) is 21.0 Å². The van der Waals surface area contributed by atoms with Gasteiger partial charge in [-0.2, -0.15) is 5.10 Å². The Morgan fingerprint density at radius 3 is 2.55 bits per heavy atom. The van der Waals surface area contributed by atoms with Crippen molar-refractivity contribution in [1.29, 1.82) is 0 Å². The molecule has 0 aliphatic rings. The highest BCUT2D eigenvalue weighted by Gasteiger charge is 2.18. The molecule has 5 N–H and O–H groups in total. The number of hydrogen-bond acceptors (Lipinski definition) is 8. The average molecular weight is 527 g/mol. The van der Waals surface area contributed by atoms with Crippen LogP contribution in [0.1, 0.15) is 27.3 Å². The van der Waals surface area contributed by atoms with Gasteiger partial charge in [-0.3, -0.25) is 19.1 Å². The van der Waals surface area contributed by atoms with E-state index in [-0.39, 0.29) is 56.3 Å². The number of benzene rings is 2. The number of anilines is 1. The van der Waals surface area contributed by atoms with Crippen molar-refractivity contribution in [2.45, 2.75) is 6.42 Å². The minimum atomic E-state index is -0.387. The second-order valence-corrected chi connectivity index (χ2v) is 8.27. The van der Waals surface area contributed by atoms with Crippen molar-refractivity contribution in [3.63, 3.8) is 0 Å². The van der Waals surface area contributed by atoms with Crippen LogP contribution in [0.15, 0.2) is 42.5 Å². The molecular weight excluding hydrogens is 492 g/mol. The molecule has 204 valence electrons. The Morgan fingerprint density at radius 1 is 0.974 bits per heavy atom. The molecule has 2 aromatic carbocycles. The van der Waals surface area contributed by atoms with Crippen molar-refractivity contribution < 1.29 is 28.6 Å². The summed E-state index contributed by atoms with van der Waals surface area (Å²) in [5.74, 6) is -0.605. The van der Waals surface area contributed by atoms with Crippen LogP contribution in [0, 0.1) is 0 Å². The van der Waals surface area contributed by atoms with E-state index in [1.807, 2.05) is 24.3 Å². The molecule has 0 saturated carbocycles. The first-order valence-corrected chi connectivity index (χ1v) is 12.3. The molecule has 3 rings (SSSR count). The molecule has 0 fully saturated rings. The molecule has 1 aromatic heterocycles. The van der Waals surface area contributed by atoms with Crippen molar-refractivity contribution in [2.24, 2.45) is 12.8 Å². The Hall–Kier alpha value is -4.00. The van der Waals surface area contributed by atoms with Crippen LogP contribution in [0.2, 0.25) is 0 Å². The van der Waals surface area contributed by atoms with Gasteiger partial charge in [0.05, 0.1) is 38.0 Å². The number of amides is 3. The summed E-state index contributed by atoms with van der Waals surface area (Å²) in [4.78, 5) is 37.2. The average Bonchev–Trinajstić information content (AvgIpc) is 3.26. The lowest BCUT2D eigenvalue weighted by Gasteiger charge is -2.12. The van der Waals surface area contributed by atoms with E-state index in [9.17, 15) is 14.4 Å². The zero-order chi connectivity index (χ0) is 27.3. The summed E-state index contributed by atoms with van der Waals surface area (Å²) in [7, 11) is 3.24. The maximum absolute atomic E-state index is 12.9. The predicted octanol–water partition coefficient (Wildman–Crippen LogP) is 1.06. The van der Waals surface area contributed by atoms with Gasteiger partial charge in [0.1, 0.15) is 12.4 Å². The van der Waals surface area contributed by atoms with Gasteiger partial charge in [-0.05, 0) is 37.2 Å². The van der Waals surface area contributed by atoms with Gasteiger partial charge in [-0.25, -0.2) is 0 Å². The Labute approximate surface area is 220 Å². The van der Waals surface area contributed by atoms with E-state index in [4.69, 9.17) is 19.9 Å². The van der Waals surface area contributed by atoms with E-state index in [0.29, 0.717) is 36.6 Å². The lowest BCUT2D eigenvalue weighted by atomic mass is 10.1. The van der Waals surface area contributed by atoms with Crippen LogP contribution in [0.3, 0.4) is 0 Å². The number of nitrogens with one attached hydrogen (secondary N) is 3. The van der Waals surface area contributed by atoms with Crippen LogP contribution in [0.5, 0.6) is 5.75 Å². The Kier molecular flexibility index (Phi) is 11.0. The molecular formula is C26H34N6O6. The van der Waals surface area contributed by atoms with Gasteiger partial charge in [-0.1, -0.05) is 18.2 Å².